The third-order valence-electron chi connectivity index (χ3n) is 4.03. The number of amides is 1. The van der Waals surface area contributed by atoms with E-state index < -0.39 is 6.04 Å². The van der Waals surface area contributed by atoms with Crippen LogP contribution in [0.4, 0.5) is 4.39 Å². The van der Waals surface area contributed by atoms with E-state index in [1.807, 2.05) is 30.3 Å². The molecule has 0 bridgehead atoms. The van der Waals surface area contributed by atoms with Crippen molar-refractivity contribution in [3.63, 3.8) is 0 Å². The van der Waals surface area contributed by atoms with Crippen LogP contribution in [-0.2, 0) is 9.53 Å². The first-order valence-corrected chi connectivity index (χ1v) is 8.19. The van der Waals surface area contributed by atoms with Crippen LogP contribution < -0.4 is 5.43 Å². The molecular weight excluding hydrogens is 321 g/mol. The molecule has 1 saturated heterocycles. The second kappa shape index (κ2) is 8.50. The molecule has 2 aromatic rings. The Morgan fingerprint density at radius 2 is 1.80 bits per heavy atom. The molecule has 1 atom stereocenters. The van der Waals surface area contributed by atoms with Gasteiger partial charge in [0, 0.05) is 13.1 Å². The summed E-state index contributed by atoms with van der Waals surface area (Å²) in [5.74, 6) is -0.510. The summed E-state index contributed by atoms with van der Waals surface area (Å²) in [7, 11) is 0. The molecule has 0 aromatic heterocycles. The number of carbonyl (C=O) groups excluding carboxylic acids is 1. The van der Waals surface area contributed by atoms with E-state index in [0.717, 1.165) is 5.56 Å². The summed E-state index contributed by atoms with van der Waals surface area (Å²) >= 11 is 0. The van der Waals surface area contributed by atoms with Gasteiger partial charge < -0.3 is 4.74 Å². The Hall–Kier alpha value is -2.57. The first-order chi connectivity index (χ1) is 12.2. The number of ether oxygens (including phenoxy) is 1. The van der Waals surface area contributed by atoms with E-state index in [0.29, 0.717) is 31.9 Å². The summed E-state index contributed by atoms with van der Waals surface area (Å²) in [6.45, 7) is 2.59. The summed E-state index contributed by atoms with van der Waals surface area (Å²) < 4.78 is 18.3. The fraction of sp³-hybridized carbons (Fsp3) is 0.263. The first kappa shape index (κ1) is 17.3. The summed E-state index contributed by atoms with van der Waals surface area (Å²) in [4.78, 5) is 14.8. The van der Waals surface area contributed by atoms with Gasteiger partial charge in [-0.1, -0.05) is 42.5 Å². The molecule has 25 heavy (non-hydrogen) atoms. The summed E-state index contributed by atoms with van der Waals surface area (Å²) in [6, 6.07) is 15.1. The largest absolute Gasteiger partial charge is 0.379 e. The van der Waals surface area contributed by atoms with Crippen molar-refractivity contribution in [1.29, 1.82) is 0 Å². The lowest BCUT2D eigenvalue weighted by molar-refractivity contribution is -0.128. The zero-order valence-corrected chi connectivity index (χ0v) is 13.8. The number of hydrazone groups is 1. The molecule has 0 saturated carbocycles. The minimum Gasteiger partial charge on any atom is -0.379 e. The van der Waals surface area contributed by atoms with Gasteiger partial charge in [0.25, 0.3) is 5.91 Å². The molecule has 1 N–H and O–H groups in total. The van der Waals surface area contributed by atoms with Crippen LogP contribution >= 0.6 is 0 Å². The molecule has 0 unspecified atom stereocenters. The van der Waals surface area contributed by atoms with Gasteiger partial charge in [-0.2, -0.15) is 5.10 Å². The van der Waals surface area contributed by atoms with Crippen LogP contribution in [-0.4, -0.2) is 43.3 Å². The van der Waals surface area contributed by atoms with Crippen molar-refractivity contribution in [3.05, 3.63) is 71.5 Å². The second-order valence-corrected chi connectivity index (χ2v) is 5.75. The minimum absolute atomic E-state index is 0.202. The van der Waals surface area contributed by atoms with Crippen molar-refractivity contribution in [2.24, 2.45) is 5.10 Å². The van der Waals surface area contributed by atoms with Crippen molar-refractivity contribution in [2.45, 2.75) is 6.04 Å². The Balaban J connectivity index is 1.71. The molecule has 0 spiro atoms. The van der Waals surface area contributed by atoms with Gasteiger partial charge in [0.2, 0.25) is 0 Å². The third kappa shape index (κ3) is 4.71. The van der Waals surface area contributed by atoms with Crippen LogP contribution in [0.3, 0.4) is 0 Å². The molecule has 1 aliphatic heterocycles. The molecule has 0 aliphatic carbocycles. The average molecular weight is 341 g/mol. The Bertz CT molecular complexity index is 713. The first-order valence-electron chi connectivity index (χ1n) is 8.19. The topological polar surface area (TPSA) is 53.9 Å². The van der Waals surface area contributed by atoms with Crippen molar-refractivity contribution in [2.75, 3.05) is 26.3 Å². The van der Waals surface area contributed by atoms with E-state index in [2.05, 4.69) is 15.4 Å². The molecular formula is C19H20FN3O2. The van der Waals surface area contributed by atoms with E-state index in [4.69, 9.17) is 4.74 Å². The lowest BCUT2D eigenvalue weighted by atomic mass is 10.0. The standard InChI is InChI=1S/C19H20FN3O2/c20-17-8-6-15(7-9-17)14-21-22-19(24)18(16-4-2-1-3-5-16)23-10-12-25-13-11-23/h1-9,14,18H,10-13H2,(H,22,24)/b21-14+/t18-/m0/s1. The second-order valence-electron chi connectivity index (χ2n) is 5.75. The molecule has 5 nitrogen and oxygen atoms in total. The molecule has 130 valence electrons. The van der Waals surface area contributed by atoms with E-state index in [1.54, 1.807) is 12.1 Å². The van der Waals surface area contributed by atoms with Crippen molar-refractivity contribution in [3.8, 4) is 0 Å². The van der Waals surface area contributed by atoms with Gasteiger partial charge in [-0.25, -0.2) is 9.82 Å². The maximum Gasteiger partial charge on any atom is 0.262 e. The number of nitrogens with zero attached hydrogens (tertiary/aromatic N) is 2. The van der Waals surface area contributed by atoms with Gasteiger partial charge in [0.05, 0.1) is 19.4 Å². The van der Waals surface area contributed by atoms with E-state index in [-0.39, 0.29) is 11.7 Å². The Labute approximate surface area is 146 Å². The van der Waals surface area contributed by atoms with Crippen LogP contribution in [0.5, 0.6) is 0 Å². The predicted molar refractivity (Wildman–Crippen MR) is 93.7 cm³/mol. The number of rotatable bonds is 5. The van der Waals surface area contributed by atoms with Crippen LogP contribution in [0, 0.1) is 5.82 Å². The smallest absolute Gasteiger partial charge is 0.262 e. The zero-order chi connectivity index (χ0) is 17.5. The highest BCUT2D eigenvalue weighted by Gasteiger charge is 2.28. The highest BCUT2D eigenvalue weighted by molar-refractivity contribution is 5.85. The maximum atomic E-state index is 12.9. The molecule has 6 heteroatoms. The summed E-state index contributed by atoms with van der Waals surface area (Å²) in [6.07, 6.45) is 1.50. The van der Waals surface area contributed by atoms with E-state index in [9.17, 15) is 9.18 Å². The minimum atomic E-state index is -0.421. The lowest BCUT2D eigenvalue weighted by Gasteiger charge is -2.33. The average Bonchev–Trinajstić information content (AvgIpc) is 2.65. The molecule has 2 aromatic carbocycles. The van der Waals surface area contributed by atoms with Crippen LogP contribution in [0.1, 0.15) is 17.2 Å². The molecule has 1 amide bonds. The van der Waals surface area contributed by atoms with Gasteiger partial charge in [-0.3, -0.25) is 9.69 Å². The van der Waals surface area contributed by atoms with Crippen molar-refractivity contribution >= 4 is 12.1 Å². The van der Waals surface area contributed by atoms with E-state index in [1.165, 1.54) is 18.3 Å². The summed E-state index contributed by atoms with van der Waals surface area (Å²) in [5.41, 5.74) is 4.22. The number of morpholine rings is 1. The lowest BCUT2D eigenvalue weighted by Crippen LogP contribution is -2.44. The monoisotopic (exact) mass is 341 g/mol. The molecule has 1 aliphatic rings. The SMILES string of the molecule is O=C(N/N=C/c1ccc(F)cc1)[C@H](c1ccccc1)N1CCOCC1. The number of halogens is 1. The van der Waals surface area contributed by atoms with Gasteiger partial charge >= 0.3 is 0 Å². The van der Waals surface area contributed by atoms with Crippen molar-refractivity contribution < 1.29 is 13.9 Å². The van der Waals surface area contributed by atoms with Gasteiger partial charge in [-0.15, -0.1) is 0 Å². The third-order valence-corrected chi connectivity index (χ3v) is 4.03. The van der Waals surface area contributed by atoms with Gasteiger partial charge in [0.1, 0.15) is 11.9 Å². The quantitative estimate of drug-likeness (QED) is 0.671. The summed E-state index contributed by atoms with van der Waals surface area (Å²) in [5, 5.41) is 4.01. The molecule has 3 rings (SSSR count). The zero-order valence-electron chi connectivity index (χ0n) is 13.8. The predicted octanol–water partition coefficient (Wildman–Crippen LogP) is 2.35. The Morgan fingerprint density at radius 3 is 2.48 bits per heavy atom. The number of benzene rings is 2. The van der Waals surface area contributed by atoms with Gasteiger partial charge in [-0.05, 0) is 23.3 Å². The maximum absolute atomic E-state index is 12.9. The Morgan fingerprint density at radius 1 is 1.12 bits per heavy atom. The molecule has 0 radical (unpaired) electrons. The van der Waals surface area contributed by atoms with Crippen molar-refractivity contribution in [1.82, 2.24) is 10.3 Å². The Kier molecular flexibility index (Phi) is 5.87. The number of hydrogen-bond donors (Lipinski definition) is 1. The van der Waals surface area contributed by atoms with Gasteiger partial charge in [0.15, 0.2) is 0 Å². The van der Waals surface area contributed by atoms with E-state index >= 15 is 0 Å². The highest BCUT2D eigenvalue weighted by atomic mass is 19.1. The van der Waals surface area contributed by atoms with Crippen LogP contribution in [0.2, 0.25) is 0 Å². The fourth-order valence-corrected chi connectivity index (χ4v) is 2.78. The van der Waals surface area contributed by atoms with Crippen LogP contribution in [0.15, 0.2) is 59.7 Å². The molecule has 1 fully saturated rings. The normalized spacial score (nSPS) is 16.7. The molecule has 1 heterocycles. The fourth-order valence-electron chi connectivity index (χ4n) is 2.78. The highest BCUT2D eigenvalue weighted by Crippen LogP contribution is 2.22. The number of carbonyl (C=O) groups is 1. The number of hydrogen-bond acceptors (Lipinski definition) is 4. The van der Waals surface area contributed by atoms with Crippen LogP contribution in [0.25, 0.3) is 0 Å². The number of nitrogens with one attached hydrogen (secondary N) is 1.